The van der Waals surface area contributed by atoms with Gasteiger partial charge in [-0.15, -0.1) is 11.3 Å². The van der Waals surface area contributed by atoms with Crippen molar-refractivity contribution < 1.29 is 18.0 Å². The maximum absolute atomic E-state index is 12.7. The predicted molar refractivity (Wildman–Crippen MR) is 108 cm³/mol. The van der Waals surface area contributed by atoms with Gasteiger partial charge in [-0.3, -0.25) is 0 Å². The monoisotopic (exact) mass is 416 g/mol. The summed E-state index contributed by atoms with van der Waals surface area (Å²) in [4.78, 5) is 20.9. The van der Waals surface area contributed by atoms with Crippen LogP contribution in [0.5, 0.6) is 0 Å². The number of benzene rings is 1. The number of anilines is 2. The Morgan fingerprint density at radius 3 is 2.48 bits per heavy atom. The van der Waals surface area contributed by atoms with E-state index in [-0.39, 0.29) is 5.69 Å². The van der Waals surface area contributed by atoms with E-state index in [1.54, 1.807) is 23.7 Å². The molecule has 3 aromatic heterocycles. The number of urea groups is 1. The highest BCUT2D eigenvalue weighted by atomic mass is 32.1. The lowest BCUT2D eigenvalue weighted by Crippen LogP contribution is -2.19. The Morgan fingerprint density at radius 2 is 1.83 bits per heavy atom. The number of halogens is 3. The van der Waals surface area contributed by atoms with Crippen LogP contribution in [0.25, 0.3) is 22.2 Å². The van der Waals surface area contributed by atoms with Gasteiger partial charge in [-0.2, -0.15) is 13.2 Å². The third-order valence-corrected chi connectivity index (χ3v) is 5.29. The number of hydrogen-bond donors (Lipinski definition) is 3. The molecule has 3 heterocycles. The van der Waals surface area contributed by atoms with E-state index in [4.69, 9.17) is 0 Å². The summed E-state index contributed by atoms with van der Waals surface area (Å²) in [6.45, 7) is 2.02. The second-order valence-corrected chi connectivity index (χ2v) is 7.45. The molecule has 4 aromatic rings. The van der Waals surface area contributed by atoms with Crippen molar-refractivity contribution in [2.45, 2.75) is 13.1 Å². The fraction of sp³-hybridized carbons (Fsp3) is 0.100. The number of nitrogens with zero attached hydrogens (tertiary/aromatic N) is 1. The molecule has 0 saturated carbocycles. The predicted octanol–water partition coefficient (Wildman–Crippen LogP) is 6.26. The van der Waals surface area contributed by atoms with Crippen molar-refractivity contribution in [3.63, 3.8) is 0 Å². The molecule has 0 spiro atoms. The Labute approximate surface area is 167 Å². The first-order valence-corrected chi connectivity index (χ1v) is 9.47. The average Bonchev–Trinajstić information content (AvgIpc) is 3.28. The lowest BCUT2D eigenvalue weighted by molar-refractivity contribution is -0.137. The second kappa shape index (κ2) is 7.25. The lowest BCUT2D eigenvalue weighted by Gasteiger charge is -2.10. The van der Waals surface area contributed by atoms with Crippen LogP contribution in [0.1, 0.15) is 10.4 Å². The number of thiophene rings is 1. The summed E-state index contributed by atoms with van der Waals surface area (Å²) >= 11 is 1.62. The molecule has 2 amide bonds. The van der Waals surface area contributed by atoms with Crippen LogP contribution in [0.2, 0.25) is 0 Å². The van der Waals surface area contributed by atoms with Crippen molar-refractivity contribution in [1.82, 2.24) is 9.97 Å². The van der Waals surface area contributed by atoms with Gasteiger partial charge in [0, 0.05) is 23.0 Å². The maximum atomic E-state index is 12.7. The highest BCUT2D eigenvalue weighted by Gasteiger charge is 2.30. The number of aryl methyl sites for hydroxylation is 1. The topological polar surface area (TPSA) is 69.8 Å². The Hall–Kier alpha value is -3.33. The van der Waals surface area contributed by atoms with E-state index in [0.29, 0.717) is 11.3 Å². The zero-order valence-corrected chi connectivity index (χ0v) is 15.9. The fourth-order valence-corrected chi connectivity index (χ4v) is 3.78. The quantitative estimate of drug-likeness (QED) is 0.369. The number of fused-ring (bicyclic) bond motifs is 1. The number of amides is 2. The first-order valence-electron chi connectivity index (χ1n) is 8.59. The molecule has 4 rings (SSSR count). The van der Waals surface area contributed by atoms with Gasteiger partial charge in [0.15, 0.2) is 0 Å². The number of carbonyl (C=O) groups is 1. The van der Waals surface area contributed by atoms with Crippen LogP contribution in [0, 0.1) is 6.92 Å². The molecule has 5 nitrogen and oxygen atoms in total. The Morgan fingerprint density at radius 1 is 1.07 bits per heavy atom. The van der Waals surface area contributed by atoms with Gasteiger partial charge in [0.1, 0.15) is 5.65 Å². The number of pyridine rings is 1. The molecule has 0 unspecified atom stereocenters. The normalized spacial score (nSPS) is 11.6. The minimum Gasteiger partial charge on any atom is -0.344 e. The third kappa shape index (κ3) is 3.81. The second-order valence-electron chi connectivity index (χ2n) is 6.33. The van der Waals surface area contributed by atoms with E-state index in [2.05, 4.69) is 20.6 Å². The zero-order chi connectivity index (χ0) is 20.6. The van der Waals surface area contributed by atoms with Crippen LogP contribution in [-0.4, -0.2) is 16.0 Å². The molecule has 0 fully saturated rings. The van der Waals surface area contributed by atoms with E-state index in [9.17, 15) is 18.0 Å². The molecule has 0 aliphatic rings. The molecule has 0 radical (unpaired) electrons. The van der Waals surface area contributed by atoms with Crippen LogP contribution in [0.15, 0.2) is 54.2 Å². The highest BCUT2D eigenvalue weighted by Crippen LogP contribution is 2.36. The van der Waals surface area contributed by atoms with Gasteiger partial charge in [-0.05, 0) is 59.8 Å². The average molecular weight is 416 g/mol. The highest BCUT2D eigenvalue weighted by molar-refractivity contribution is 7.10. The SMILES string of the molecule is Cc1sccc1-c1ccnc2[nH]cc(NC(=O)Nc3ccc(C(F)(F)F)cc3)c12. The van der Waals surface area contributed by atoms with E-state index in [1.807, 2.05) is 24.4 Å². The number of carbonyl (C=O) groups excluding carboxylic acids is 1. The van der Waals surface area contributed by atoms with Gasteiger partial charge in [-0.25, -0.2) is 9.78 Å². The molecule has 0 atom stereocenters. The summed E-state index contributed by atoms with van der Waals surface area (Å²) in [5.41, 5.74) is 2.60. The molecule has 148 valence electrons. The minimum atomic E-state index is -4.42. The molecule has 0 aliphatic heterocycles. The number of nitrogens with one attached hydrogen (secondary N) is 3. The number of H-pyrrole nitrogens is 1. The summed E-state index contributed by atoms with van der Waals surface area (Å²) in [5, 5.41) is 8.03. The molecule has 29 heavy (non-hydrogen) atoms. The first kappa shape index (κ1) is 19.0. The number of aromatic nitrogens is 2. The summed E-state index contributed by atoms with van der Waals surface area (Å²) < 4.78 is 38.0. The number of aromatic amines is 1. The summed E-state index contributed by atoms with van der Waals surface area (Å²) in [6.07, 6.45) is -1.10. The van der Waals surface area contributed by atoms with Crippen LogP contribution < -0.4 is 10.6 Å². The van der Waals surface area contributed by atoms with Gasteiger partial charge in [0.25, 0.3) is 0 Å². The van der Waals surface area contributed by atoms with Crippen molar-refractivity contribution in [2.75, 3.05) is 10.6 Å². The number of hydrogen-bond acceptors (Lipinski definition) is 3. The maximum Gasteiger partial charge on any atom is 0.416 e. The molecule has 0 bridgehead atoms. The van der Waals surface area contributed by atoms with E-state index >= 15 is 0 Å². The van der Waals surface area contributed by atoms with Crippen LogP contribution in [0.4, 0.5) is 29.3 Å². The van der Waals surface area contributed by atoms with E-state index in [0.717, 1.165) is 33.5 Å². The minimum absolute atomic E-state index is 0.252. The molecule has 0 saturated heterocycles. The van der Waals surface area contributed by atoms with Crippen molar-refractivity contribution >= 4 is 39.8 Å². The standard InChI is InChI=1S/C20H15F3N4OS/c1-11-14(7-9-29-11)15-6-8-24-18-17(15)16(10-25-18)27-19(28)26-13-4-2-12(3-5-13)20(21,22)23/h2-10H,1H3,(H,24,25)(H2,26,27,28). The van der Waals surface area contributed by atoms with Gasteiger partial charge in [0.05, 0.1) is 16.6 Å². The Bertz CT molecular complexity index is 1180. The van der Waals surface area contributed by atoms with Crippen molar-refractivity contribution in [3.05, 3.63) is 64.6 Å². The molecular weight excluding hydrogens is 401 g/mol. The molecule has 3 N–H and O–H groups in total. The van der Waals surface area contributed by atoms with Gasteiger partial charge in [-0.1, -0.05) is 0 Å². The first-order chi connectivity index (χ1) is 13.8. The van der Waals surface area contributed by atoms with Crippen LogP contribution >= 0.6 is 11.3 Å². The summed E-state index contributed by atoms with van der Waals surface area (Å²) in [5.74, 6) is 0. The summed E-state index contributed by atoms with van der Waals surface area (Å²) in [6, 6.07) is 7.57. The molecule has 0 aliphatic carbocycles. The van der Waals surface area contributed by atoms with Crippen LogP contribution in [0.3, 0.4) is 0 Å². The van der Waals surface area contributed by atoms with Crippen molar-refractivity contribution in [3.8, 4) is 11.1 Å². The van der Waals surface area contributed by atoms with Gasteiger partial charge in [0.2, 0.25) is 0 Å². The van der Waals surface area contributed by atoms with Crippen molar-refractivity contribution in [2.24, 2.45) is 0 Å². The summed E-state index contributed by atoms with van der Waals surface area (Å²) in [7, 11) is 0. The van der Waals surface area contributed by atoms with Gasteiger partial charge >= 0.3 is 12.2 Å². The van der Waals surface area contributed by atoms with E-state index in [1.165, 1.54) is 12.1 Å². The van der Waals surface area contributed by atoms with Gasteiger partial charge < -0.3 is 15.6 Å². The lowest BCUT2D eigenvalue weighted by atomic mass is 10.0. The third-order valence-electron chi connectivity index (χ3n) is 4.44. The molecule has 1 aromatic carbocycles. The number of alkyl halides is 3. The largest absolute Gasteiger partial charge is 0.416 e. The van der Waals surface area contributed by atoms with Crippen LogP contribution in [-0.2, 0) is 6.18 Å². The Kier molecular flexibility index (Phi) is 4.75. The molecule has 9 heteroatoms. The number of rotatable bonds is 3. The fourth-order valence-electron chi connectivity index (χ4n) is 3.07. The molecular formula is C20H15F3N4OS. The van der Waals surface area contributed by atoms with Crippen molar-refractivity contribution in [1.29, 1.82) is 0 Å². The Balaban J connectivity index is 1.58. The van der Waals surface area contributed by atoms with E-state index < -0.39 is 17.8 Å². The smallest absolute Gasteiger partial charge is 0.344 e. The zero-order valence-electron chi connectivity index (χ0n) is 15.1.